The Balaban J connectivity index is 1.57. The lowest BCUT2D eigenvalue weighted by Gasteiger charge is -2.17. The molecule has 3 heterocycles. The Morgan fingerprint density at radius 3 is 2.68 bits per heavy atom. The lowest BCUT2D eigenvalue weighted by Crippen LogP contribution is -2.23. The van der Waals surface area contributed by atoms with Crippen molar-refractivity contribution in [3.63, 3.8) is 0 Å². The Labute approximate surface area is 143 Å². The molecule has 0 unspecified atom stereocenters. The molecule has 0 spiro atoms. The zero-order valence-corrected chi connectivity index (χ0v) is 13.3. The summed E-state index contributed by atoms with van der Waals surface area (Å²) in [5.74, 6) is 0.228. The van der Waals surface area contributed by atoms with Crippen molar-refractivity contribution in [1.82, 2.24) is 20.0 Å². The number of nitrogens with zero attached hydrogens (tertiary/aromatic N) is 5. The standard InChI is InChI=1S/C17H16FN5O2/c18-16-7-13(22-9-14(10-24)25-11-22)2-3-15(16)12-1-4-17(19-8-12)23-20-5-6-21-23/h1-8,14,24H,9-11H2/t14-/m1/s1. The smallest absolute Gasteiger partial charge is 0.174 e. The molecule has 0 bridgehead atoms. The normalized spacial score (nSPS) is 17.2. The van der Waals surface area contributed by atoms with Crippen LogP contribution in [0.4, 0.5) is 10.1 Å². The van der Waals surface area contributed by atoms with Gasteiger partial charge >= 0.3 is 0 Å². The highest BCUT2D eigenvalue weighted by atomic mass is 19.1. The van der Waals surface area contributed by atoms with Gasteiger partial charge < -0.3 is 14.7 Å². The Bertz CT molecular complexity index is 854. The highest BCUT2D eigenvalue weighted by Crippen LogP contribution is 2.28. The zero-order chi connectivity index (χ0) is 17.2. The van der Waals surface area contributed by atoms with E-state index in [0.29, 0.717) is 30.2 Å². The lowest BCUT2D eigenvalue weighted by atomic mass is 10.1. The quantitative estimate of drug-likeness (QED) is 0.777. The molecule has 2 aromatic heterocycles. The molecular formula is C17H16FN5O2. The predicted octanol–water partition coefficient (Wildman–Crippen LogP) is 1.62. The largest absolute Gasteiger partial charge is 0.394 e. The van der Waals surface area contributed by atoms with Gasteiger partial charge in [-0.1, -0.05) is 0 Å². The van der Waals surface area contributed by atoms with E-state index in [1.165, 1.54) is 10.9 Å². The highest BCUT2D eigenvalue weighted by Gasteiger charge is 2.23. The molecule has 3 aromatic rings. The van der Waals surface area contributed by atoms with Crippen molar-refractivity contribution < 1.29 is 14.2 Å². The van der Waals surface area contributed by atoms with Gasteiger partial charge in [-0.25, -0.2) is 9.37 Å². The average molecular weight is 341 g/mol. The number of hydrogen-bond donors (Lipinski definition) is 1. The predicted molar refractivity (Wildman–Crippen MR) is 88.7 cm³/mol. The monoisotopic (exact) mass is 341 g/mol. The van der Waals surface area contributed by atoms with E-state index in [0.717, 1.165) is 5.69 Å². The van der Waals surface area contributed by atoms with Crippen molar-refractivity contribution in [2.45, 2.75) is 6.10 Å². The van der Waals surface area contributed by atoms with E-state index in [4.69, 9.17) is 9.84 Å². The van der Waals surface area contributed by atoms with Crippen molar-refractivity contribution in [2.24, 2.45) is 0 Å². The molecule has 1 aromatic carbocycles. The van der Waals surface area contributed by atoms with Crippen LogP contribution in [0.1, 0.15) is 0 Å². The summed E-state index contributed by atoms with van der Waals surface area (Å²) in [5.41, 5.74) is 1.86. The van der Waals surface area contributed by atoms with E-state index in [2.05, 4.69) is 15.2 Å². The van der Waals surface area contributed by atoms with Gasteiger partial charge in [0.15, 0.2) is 5.82 Å². The molecule has 0 aliphatic carbocycles. The van der Waals surface area contributed by atoms with Gasteiger partial charge in [-0.05, 0) is 30.3 Å². The maximum Gasteiger partial charge on any atom is 0.174 e. The molecular weight excluding hydrogens is 325 g/mol. The highest BCUT2D eigenvalue weighted by molar-refractivity contribution is 5.67. The second kappa shape index (κ2) is 6.58. The number of aliphatic hydroxyl groups is 1. The summed E-state index contributed by atoms with van der Waals surface area (Å²) in [6.45, 7) is 0.847. The minimum Gasteiger partial charge on any atom is -0.394 e. The van der Waals surface area contributed by atoms with Crippen LogP contribution in [-0.4, -0.2) is 51.1 Å². The van der Waals surface area contributed by atoms with Crippen LogP contribution in [0, 0.1) is 5.82 Å². The summed E-state index contributed by atoms with van der Waals surface area (Å²) >= 11 is 0. The van der Waals surface area contributed by atoms with E-state index in [1.54, 1.807) is 36.8 Å². The van der Waals surface area contributed by atoms with Crippen LogP contribution < -0.4 is 4.90 Å². The summed E-state index contributed by atoms with van der Waals surface area (Å²) in [4.78, 5) is 7.56. The fourth-order valence-electron chi connectivity index (χ4n) is 2.77. The molecule has 1 atom stereocenters. The third-order valence-electron chi connectivity index (χ3n) is 4.09. The van der Waals surface area contributed by atoms with Crippen molar-refractivity contribution >= 4 is 5.69 Å². The number of ether oxygens (including phenoxy) is 1. The van der Waals surface area contributed by atoms with Crippen LogP contribution in [0.2, 0.25) is 0 Å². The average Bonchev–Trinajstić information content (AvgIpc) is 3.34. The molecule has 7 nitrogen and oxygen atoms in total. The Hall–Kier alpha value is -2.84. The number of benzene rings is 1. The number of pyridine rings is 1. The second-order valence-corrected chi connectivity index (χ2v) is 5.71. The molecule has 1 aliphatic rings. The number of aromatic nitrogens is 4. The van der Waals surface area contributed by atoms with Crippen LogP contribution in [0.3, 0.4) is 0 Å². The first-order valence-electron chi connectivity index (χ1n) is 7.84. The number of halogens is 1. The van der Waals surface area contributed by atoms with Gasteiger partial charge in [0.05, 0.1) is 19.0 Å². The van der Waals surface area contributed by atoms with Gasteiger partial charge in [-0.15, -0.1) is 4.80 Å². The molecule has 25 heavy (non-hydrogen) atoms. The molecule has 1 fully saturated rings. The van der Waals surface area contributed by atoms with Gasteiger partial charge in [0.1, 0.15) is 18.7 Å². The number of aliphatic hydroxyl groups excluding tert-OH is 1. The third-order valence-corrected chi connectivity index (χ3v) is 4.09. The summed E-state index contributed by atoms with van der Waals surface area (Å²) in [6, 6.07) is 8.55. The molecule has 1 saturated heterocycles. The van der Waals surface area contributed by atoms with Crippen LogP contribution in [0.25, 0.3) is 16.9 Å². The Morgan fingerprint density at radius 2 is 2.04 bits per heavy atom. The van der Waals surface area contributed by atoms with Crippen molar-refractivity contribution in [3.8, 4) is 16.9 Å². The van der Waals surface area contributed by atoms with Crippen molar-refractivity contribution in [1.29, 1.82) is 0 Å². The maximum atomic E-state index is 14.6. The molecule has 8 heteroatoms. The van der Waals surface area contributed by atoms with E-state index < -0.39 is 0 Å². The summed E-state index contributed by atoms with van der Waals surface area (Å²) in [6.07, 6.45) is 4.50. The summed E-state index contributed by atoms with van der Waals surface area (Å²) in [7, 11) is 0. The molecule has 0 amide bonds. The Morgan fingerprint density at radius 1 is 1.20 bits per heavy atom. The van der Waals surface area contributed by atoms with Gasteiger partial charge in [0.25, 0.3) is 0 Å². The van der Waals surface area contributed by atoms with Gasteiger partial charge in [0.2, 0.25) is 0 Å². The number of rotatable bonds is 4. The molecule has 1 N–H and O–H groups in total. The summed E-state index contributed by atoms with van der Waals surface area (Å²) in [5, 5.41) is 17.1. The Kier molecular flexibility index (Phi) is 4.12. The first-order chi connectivity index (χ1) is 12.2. The van der Waals surface area contributed by atoms with Gasteiger partial charge in [0, 0.05) is 29.6 Å². The van der Waals surface area contributed by atoms with Crippen LogP contribution in [-0.2, 0) is 4.74 Å². The fraction of sp³-hybridized carbons (Fsp3) is 0.235. The first kappa shape index (κ1) is 15.7. The molecule has 0 saturated carbocycles. The fourth-order valence-corrected chi connectivity index (χ4v) is 2.77. The van der Waals surface area contributed by atoms with Crippen molar-refractivity contribution in [2.75, 3.05) is 24.8 Å². The zero-order valence-electron chi connectivity index (χ0n) is 13.3. The van der Waals surface area contributed by atoms with Crippen molar-refractivity contribution in [3.05, 3.63) is 54.7 Å². The van der Waals surface area contributed by atoms with E-state index >= 15 is 0 Å². The van der Waals surface area contributed by atoms with E-state index in [1.807, 2.05) is 11.0 Å². The molecule has 128 valence electrons. The molecule has 1 aliphatic heterocycles. The number of anilines is 1. The maximum absolute atomic E-state index is 14.6. The first-order valence-corrected chi connectivity index (χ1v) is 7.84. The SMILES string of the molecule is OC[C@H]1CN(c2ccc(-c3ccc(-n4nccn4)nc3)c(F)c2)CO1. The molecule has 4 rings (SSSR count). The summed E-state index contributed by atoms with van der Waals surface area (Å²) < 4.78 is 20.0. The molecule has 0 radical (unpaired) electrons. The van der Waals surface area contributed by atoms with Crippen LogP contribution in [0.15, 0.2) is 48.9 Å². The van der Waals surface area contributed by atoms with Gasteiger partial charge in [-0.2, -0.15) is 10.2 Å². The van der Waals surface area contributed by atoms with Crippen LogP contribution in [0.5, 0.6) is 0 Å². The number of hydrogen-bond acceptors (Lipinski definition) is 6. The minimum absolute atomic E-state index is 0.0415. The van der Waals surface area contributed by atoms with Crippen LogP contribution >= 0.6 is 0 Å². The van der Waals surface area contributed by atoms with E-state index in [-0.39, 0.29) is 18.5 Å². The van der Waals surface area contributed by atoms with E-state index in [9.17, 15) is 4.39 Å². The van der Waals surface area contributed by atoms with Gasteiger partial charge in [-0.3, -0.25) is 0 Å². The minimum atomic E-state index is -0.336. The topological polar surface area (TPSA) is 76.3 Å². The second-order valence-electron chi connectivity index (χ2n) is 5.71. The lowest BCUT2D eigenvalue weighted by molar-refractivity contribution is 0.0645. The third kappa shape index (κ3) is 3.09.